The first-order valence-corrected chi connectivity index (χ1v) is 3.80. The minimum atomic E-state index is -0.379. The van der Waals surface area contributed by atoms with Gasteiger partial charge in [0.05, 0.1) is 4.92 Å². The number of nitro benzene ring substituents is 1. The Hall–Kier alpha value is -1.91. The summed E-state index contributed by atoms with van der Waals surface area (Å²) < 4.78 is 1.69. The van der Waals surface area contributed by atoms with Crippen molar-refractivity contribution in [2.24, 2.45) is 7.05 Å². The Bertz CT molecular complexity index is 475. The standard InChI is InChI=1S/C8H7N3O2/c1-10-5-6-7(9-10)3-2-4-8(6)11(12)13/h2-5H,1H3/p+1. The molecule has 5 nitrogen and oxygen atoms in total. The molecule has 1 heterocycles. The van der Waals surface area contributed by atoms with E-state index in [1.54, 1.807) is 24.0 Å². The van der Waals surface area contributed by atoms with Gasteiger partial charge in [-0.3, -0.25) is 10.1 Å². The zero-order valence-corrected chi connectivity index (χ0v) is 7.02. The number of aromatic nitrogens is 2. The van der Waals surface area contributed by atoms with Crippen LogP contribution in [0.3, 0.4) is 0 Å². The SMILES string of the molecule is C[n+]1cc2c([N+](=O)[O-])cccc2[nH]1. The molecule has 0 aliphatic carbocycles. The van der Waals surface area contributed by atoms with Gasteiger partial charge in [-0.2, -0.15) is 5.10 Å². The van der Waals surface area contributed by atoms with Crippen molar-refractivity contribution in [2.75, 3.05) is 0 Å². The van der Waals surface area contributed by atoms with Crippen LogP contribution in [0.15, 0.2) is 24.4 Å². The fourth-order valence-electron chi connectivity index (χ4n) is 1.36. The fourth-order valence-corrected chi connectivity index (χ4v) is 1.36. The van der Waals surface area contributed by atoms with E-state index in [1.807, 2.05) is 6.07 Å². The van der Waals surface area contributed by atoms with Crippen molar-refractivity contribution < 1.29 is 9.61 Å². The van der Waals surface area contributed by atoms with Crippen molar-refractivity contribution >= 4 is 16.6 Å². The maximum absolute atomic E-state index is 10.6. The van der Waals surface area contributed by atoms with Gasteiger partial charge in [0, 0.05) is 6.07 Å². The van der Waals surface area contributed by atoms with E-state index in [2.05, 4.69) is 5.10 Å². The van der Waals surface area contributed by atoms with E-state index in [1.165, 1.54) is 6.07 Å². The van der Waals surface area contributed by atoms with Crippen LogP contribution < -0.4 is 4.68 Å². The second kappa shape index (κ2) is 2.55. The molecule has 0 fully saturated rings. The number of nitro groups is 1. The Morgan fingerprint density at radius 1 is 1.54 bits per heavy atom. The third-order valence-corrected chi connectivity index (χ3v) is 1.90. The largest absolute Gasteiger partial charge is 0.285 e. The molecule has 0 aliphatic heterocycles. The third kappa shape index (κ3) is 1.14. The maximum atomic E-state index is 10.6. The molecular weight excluding hydrogens is 170 g/mol. The Morgan fingerprint density at radius 2 is 2.31 bits per heavy atom. The van der Waals surface area contributed by atoms with Gasteiger partial charge < -0.3 is 0 Å². The fraction of sp³-hybridized carbons (Fsp3) is 0.125. The Kier molecular flexibility index (Phi) is 1.51. The van der Waals surface area contributed by atoms with Gasteiger partial charge in [0.1, 0.15) is 10.9 Å². The second-order valence-electron chi connectivity index (χ2n) is 2.85. The van der Waals surface area contributed by atoms with Crippen LogP contribution in [0.4, 0.5) is 5.69 Å². The van der Waals surface area contributed by atoms with Gasteiger partial charge in [0.2, 0.25) is 6.20 Å². The first kappa shape index (κ1) is 7.72. The van der Waals surface area contributed by atoms with Crippen LogP contribution >= 0.6 is 0 Å². The lowest BCUT2D eigenvalue weighted by Gasteiger charge is -1.88. The van der Waals surface area contributed by atoms with Crippen LogP contribution in [0, 0.1) is 10.1 Å². The lowest BCUT2D eigenvalue weighted by Crippen LogP contribution is -2.27. The molecule has 1 aromatic carbocycles. The van der Waals surface area contributed by atoms with Crippen LogP contribution in [0.2, 0.25) is 0 Å². The van der Waals surface area contributed by atoms with Crippen LogP contribution in [0.1, 0.15) is 0 Å². The van der Waals surface area contributed by atoms with E-state index in [0.717, 1.165) is 5.52 Å². The minimum Gasteiger partial charge on any atom is -0.258 e. The van der Waals surface area contributed by atoms with E-state index in [0.29, 0.717) is 5.39 Å². The number of H-pyrrole nitrogens is 1. The Labute approximate surface area is 73.7 Å². The quantitative estimate of drug-likeness (QED) is 0.400. The highest BCUT2D eigenvalue weighted by molar-refractivity contribution is 5.86. The monoisotopic (exact) mass is 178 g/mol. The molecule has 0 atom stereocenters. The molecule has 2 rings (SSSR count). The molecular formula is C8H8N3O2+. The average molecular weight is 178 g/mol. The number of hydrogen-bond donors (Lipinski definition) is 1. The zero-order valence-electron chi connectivity index (χ0n) is 7.02. The first-order chi connectivity index (χ1) is 6.18. The number of benzene rings is 1. The highest BCUT2D eigenvalue weighted by Gasteiger charge is 2.15. The number of non-ortho nitro benzene ring substituents is 1. The van der Waals surface area contributed by atoms with Crippen molar-refractivity contribution in [2.45, 2.75) is 0 Å². The van der Waals surface area contributed by atoms with Gasteiger partial charge in [-0.15, -0.1) is 4.68 Å². The lowest BCUT2D eigenvalue weighted by atomic mass is 10.2. The summed E-state index contributed by atoms with van der Waals surface area (Å²) >= 11 is 0. The molecule has 13 heavy (non-hydrogen) atoms. The summed E-state index contributed by atoms with van der Waals surface area (Å²) in [5.41, 5.74) is 0.908. The molecule has 0 amide bonds. The smallest absolute Gasteiger partial charge is 0.258 e. The molecule has 0 unspecified atom stereocenters. The molecule has 0 bridgehead atoms. The average Bonchev–Trinajstić information content (AvgIpc) is 2.43. The van der Waals surface area contributed by atoms with Gasteiger partial charge in [0.25, 0.3) is 5.69 Å². The predicted molar refractivity (Wildman–Crippen MR) is 46.1 cm³/mol. The zero-order chi connectivity index (χ0) is 9.42. The molecule has 0 saturated heterocycles. The second-order valence-corrected chi connectivity index (χ2v) is 2.85. The van der Waals surface area contributed by atoms with Gasteiger partial charge in [-0.25, -0.2) is 0 Å². The summed E-state index contributed by atoms with van der Waals surface area (Å²) in [5, 5.41) is 14.2. The number of nitrogens with zero attached hydrogens (tertiary/aromatic N) is 2. The van der Waals surface area contributed by atoms with E-state index in [9.17, 15) is 10.1 Å². The summed E-state index contributed by atoms with van der Waals surface area (Å²) in [4.78, 5) is 10.2. The predicted octanol–water partition coefficient (Wildman–Crippen LogP) is 0.901. The molecule has 0 spiro atoms. The van der Waals surface area contributed by atoms with E-state index in [-0.39, 0.29) is 10.6 Å². The van der Waals surface area contributed by atoms with Crippen LogP contribution in [0.25, 0.3) is 10.9 Å². The number of hydrogen-bond acceptors (Lipinski definition) is 2. The molecule has 1 aromatic heterocycles. The third-order valence-electron chi connectivity index (χ3n) is 1.90. The van der Waals surface area contributed by atoms with Gasteiger partial charge >= 0.3 is 0 Å². The minimum absolute atomic E-state index is 0.134. The van der Waals surface area contributed by atoms with E-state index >= 15 is 0 Å². The molecule has 1 N–H and O–H groups in total. The lowest BCUT2D eigenvalue weighted by molar-refractivity contribution is -0.724. The number of rotatable bonds is 1. The first-order valence-electron chi connectivity index (χ1n) is 3.80. The van der Waals surface area contributed by atoms with E-state index < -0.39 is 0 Å². The highest BCUT2D eigenvalue weighted by Crippen LogP contribution is 2.21. The number of fused-ring (bicyclic) bond motifs is 1. The summed E-state index contributed by atoms with van der Waals surface area (Å²) in [5.74, 6) is 0. The Balaban J connectivity index is 2.82. The summed E-state index contributed by atoms with van der Waals surface area (Å²) in [6, 6.07) is 4.97. The number of nitrogens with one attached hydrogen (secondary N) is 1. The van der Waals surface area contributed by atoms with Gasteiger partial charge in [-0.05, 0) is 6.07 Å². The van der Waals surface area contributed by atoms with Gasteiger partial charge in [-0.1, -0.05) is 6.07 Å². The van der Waals surface area contributed by atoms with Crippen LogP contribution in [-0.2, 0) is 7.05 Å². The van der Waals surface area contributed by atoms with Crippen LogP contribution in [0.5, 0.6) is 0 Å². The van der Waals surface area contributed by atoms with Crippen molar-refractivity contribution in [3.63, 3.8) is 0 Å². The molecule has 0 aliphatic rings. The van der Waals surface area contributed by atoms with Crippen LogP contribution in [-0.4, -0.2) is 10.0 Å². The number of aryl methyl sites for hydroxylation is 1. The summed E-state index contributed by atoms with van der Waals surface area (Å²) in [6.45, 7) is 0. The van der Waals surface area contributed by atoms with Crippen molar-refractivity contribution in [1.29, 1.82) is 0 Å². The van der Waals surface area contributed by atoms with Gasteiger partial charge in [0.15, 0.2) is 7.05 Å². The maximum Gasteiger partial charge on any atom is 0.285 e. The van der Waals surface area contributed by atoms with E-state index in [4.69, 9.17) is 0 Å². The molecule has 0 saturated carbocycles. The van der Waals surface area contributed by atoms with Crippen molar-refractivity contribution in [1.82, 2.24) is 5.10 Å². The normalized spacial score (nSPS) is 10.5. The molecule has 5 heteroatoms. The van der Waals surface area contributed by atoms with Crippen molar-refractivity contribution in [3.8, 4) is 0 Å². The topological polar surface area (TPSA) is 62.8 Å². The summed E-state index contributed by atoms with van der Waals surface area (Å²) in [7, 11) is 1.80. The molecule has 66 valence electrons. The van der Waals surface area contributed by atoms with Crippen molar-refractivity contribution in [3.05, 3.63) is 34.5 Å². The number of aromatic amines is 1. The highest BCUT2D eigenvalue weighted by atomic mass is 16.6. The Morgan fingerprint density at radius 3 is 3.00 bits per heavy atom. The molecule has 2 aromatic rings. The summed E-state index contributed by atoms with van der Waals surface area (Å²) in [6.07, 6.45) is 1.70. The molecule has 0 radical (unpaired) electrons.